The van der Waals surface area contributed by atoms with Gasteiger partial charge in [-0.25, -0.2) is 4.98 Å². The second-order valence-corrected chi connectivity index (χ2v) is 5.80. The molecule has 0 spiro atoms. The molecule has 0 aliphatic carbocycles. The Hall–Kier alpha value is -3.31. The lowest BCUT2D eigenvalue weighted by molar-refractivity contribution is 0.103. The van der Waals surface area contributed by atoms with Crippen molar-refractivity contribution in [3.8, 4) is 6.07 Å². The second-order valence-electron chi connectivity index (χ2n) is 4.80. The number of hydrogen-bond acceptors (Lipinski definition) is 7. The molecule has 0 unspecified atom stereocenters. The molecule has 0 saturated carbocycles. The van der Waals surface area contributed by atoms with Crippen LogP contribution in [0.1, 0.15) is 15.2 Å². The second kappa shape index (κ2) is 5.47. The standard InChI is InChI=1S/C15H12N6OS/c16-6-7-1-3-8(4-2-7)20-14(22)12-11(18)9-5-10(17)13(19)21-15(9)23-12/h1-5H,17-18H2,(H2,19,21)(H,20,22). The minimum Gasteiger partial charge on any atom is -0.397 e. The van der Waals surface area contributed by atoms with Crippen molar-refractivity contribution in [2.45, 2.75) is 0 Å². The molecule has 0 fully saturated rings. The lowest BCUT2D eigenvalue weighted by Crippen LogP contribution is -2.11. The summed E-state index contributed by atoms with van der Waals surface area (Å²) in [6.45, 7) is 0. The first kappa shape index (κ1) is 14.6. The van der Waals surface area contributed by atoms with Gasteiger partial charge in [0, 0.05) is 11.1 Å². The van der Waals surface area contributed by atoms with Gasteiger partial charge in [-0.05, 0) is 30.3 Å². The van der Waals surface area contributed by atoms with Gasteiger partial charge in [0.15, 0.2) is 0 Å². The number of nitrogens with zero attached hydrogens (tertiary/aromatic N) is 2. The van der Waals surface area contributed by atoms with Crippen molar-refractivity contribution in [3.05, 3.63) is 40.8 Å². The first-order valence-corrected chi connectivity index (χ1v) is 7.36. The predicted octanol–water partition coefficient (Wildman–Crippen LogP) is 2.17. The van der Waals surface area contributed by atoms with Crippen LogP contribution in [0.25, 0.3) is 10.2 Å². The van der Waals surface area contributed by atoms with Crippen LogP contribution in [0, 0.1) is 11.3 Å². The quantitative estimate of drug-likeness (QED) is 0.568. The molecular formula is C15H12N6OS. The van der Waals surface area contributed by atoms with E-state index in [2.05, 4.69) is 10.3 Å². The number of thiophene rings is 1. The average molecular weight is 324 g/mol. The molecule has 7 N–H and O–H groups in total. The zero-order valence-electron chi connectivity index (χ0n) is 11.8. The summed E-state index contributed by atoms with van der Waals surface area (Å²) in [5.74, 6) is -0.148. The van der Waals surface area contributed by atoms with Crippen molar-refractivity contribution in [1.82, 2.24) is 4.98 Å². The monoisotopic (exact) mass is 324 g/mol. The fraction of sp³-hybridized carbons (Fsp3) is 0. The number of carbonyl (C=O) groups excluding carboxylic acids is 1. The van der Waals surface area contributed by atoms with E-state index in [1.165, 1.54) is 0 Å². The van der Waals surface area contributed by atoms with E-state index >= 15 is 0 Å². The molecule has 0 radical (unpaired) electrons. The summed E-state index contributed by atoms with van der Waals surface area (Å²) in [4.78, 5) is 17.4. The summed E-state index contributed by atoms with van der Waals surface area (Å²) < 4.78 is 0. The Morgan fingerprint density at radius 1 is 1.22 bits per heavy atom. The molecule has 8 heteroatoms. The van der Waals surface area contributed by atoms with Crippen LogP contribution < -0.4 is 22.5 Å². The lowest BCUT2D eigenvalue weighted by Gasteiger charge is -2.04. The molecule has 23 heavy (non-hydrogen) atoms. The summed E-state index contributed by atoms with van der Waals surface area (Å²) in [5.41, 5.74) is 19.1. The third kappa shape index (κ3) is 2.61. The number of fused-ring (bicyclic) bond motifs is 1. The fourth-order valence-electron chi connectivity index (χ4n) is 2.05. The molecule has 0 bridgehead atoms. The first-order valence-electron chi connectivity index (χ1n) is 6.55. The maximum absolute atomic E-state index is 12.4. The van der Waals surface area contributed by atoms with Crippen LogP contribution in [0.15, 0.2) is 30.3 Å². The third-order valence-electron chi connectivity index (χ3n) is 3.26. The Morgan fingerprint density at radius 2 is 1.91 bits per heavy atom. The van der Waals surface area contributed by atoms with Gasteiger partial charge in [-0.2, -0.15) is 5.26 Å². The number of anilines is 4. The highest BCUT2D eigenvalue weighted by Gasteiger charge is 2.18. The maximum Gasteiger partial charge on any atom is 0.267 e. The highest BCUT2D eigenvalue weighted by Crippen LogP contribution is 2.35. The number of carbonyl (C=O) groups is 1. The van der Waals surface area contributed by atoms with E-state index in [0.29, 0.717) is 37.7 Å². The summed E-state index contributed by atoms with van der Waals surface area (Å²) in [6, 6.07) is 10.2. The van der Waals surface area contributed by atoms with E-state index in [0.717, 1.165) is 11.3 Å². The highest BCUT2D eigenvalue weighted by atomic mass is 32.1. The number of hydrogen-bond donors (Lipinski definition) is 4. The molecule has 0 aliphatic rings. The molecule has 0 aliphatic heterocycles. The maximum atomic E-state index is 12.4. The van der Waals surface area contributed by atoms with Crippen LogP contribution in [-0.4, -0.2) is 10.9 Å². The van der Waals surface area contributed by atoms with Gasteiger partial charge in [0.25, 0.3) is 5.91 Å². The van der Waals surface area contributed by atoms with Gasteiger partial charge >= 0.3 is 0 Å². The van der Waals surface area contributed by atoms with Crippen molar-refractivity contribution >= 4 is 50.3 Å². The van der Waals surface area contributed by atoms with Gasteiger partial charge in [-0.3, -0.25) is 4.79 Å². The number of benzene rings is 1. The van der Waals surface area contributed by atoms with Gasteiger partial charge in [0.05, 0.1) is 23.0 Å². The Morgan fingerprint density at radius 3 is 2.57 bits per heavy atom. The SMILES string of the molecule is N#Cc1ccc(NC(=O)c2sc3nc(N)c(N)cc3c2N)cc1. The molecule has 1 amide bonds. The van der Waals surface area contributed by atoms with E-state index in [1.807, 2.05) is 6.07 Å². The molecular weight excluding hydrogens is 312 g/mol. The number of pyridine rings is 1. The van der Waals surface area contributed by atoms with E-state index in [-0.39, 0.29) is 11.7 Å². The number of nitrogen functional groups attached to an aromatic ring is 3. The van der Waals surface area contributed by atoms with Gasteiger partial charge in [0.1, 0.15) is 15.5 Å². The number of nitrogens with one attached hydrogen (secondary N) is 1. The molecule has 3 rings (SSSR count). The van der Waals surface area contributed by atoms with Crippen LogP contribution in [0.3, 0.4) is 0 Å². The van der Waals surface area contributed by atoms with Crippen molar-refractivity contribution in [2.24, 2.45) is 0 Å². The van der Waals surface area contributed by atoms with Gasteiger partial charge in [-0.15, -0.1) is 11.3 Å². The fourth-order valence-corrected chi connectivity index (χ4v) is 3.03. The molecule has 2 heterocycles. The van der Waals surface area contributed by atoms with Gasteiger partial charge < -0.3 is 22.5 Å². The molecule has 2 aromatic heterocycles. The molecule has 7 nitrogen and oxygen atoms in total. The van der Waals surface area contributed by atoms with Crippen LogP contribution in [0.5, 0.6) is 0 Å². The Bertz CT molecular complexity index is 955. The zero-order chi connectivity index (χ0) is 16.6. The first-order chi connectivity index (χ1) is 11.0. The number of rotatable bonds is 2. The predicted molar refractivity (Wildman–Crippen MR) is 92.0 cm³/mol. The largest absolute Gasteiger partial charge is 0.397 e. The van der Waals surface area contributed by atoms with Crippen molar-refractivity contribution in [3.63, 3.8) is 0 Å². The Balaban J connectivity index is 1.94. The van der Waals surface area contributed by atoms with Crippen LogP contribution in [0.4, 0.5) is 22.9 Å². The summed E-state index contributed by atoms with van der Waals surface area (Å²) in [5, 5.41) is 12.1. The zero-order valence-corrected chi connectivity index (χ0v) is 12.6. The molecule has 0 atom stereocenters. The van der Waals surface area contributed by atoms with Crippen molar-refractivity contribution in [1.29, 1.82) is 5.26 Å². The van der Waals surface area contributed by atoms with Crippen molar-refractivity contribution < 1.29 is 4.79 Å². The van der Waals surface area contributed by atoms with Gasteiger partial charge in [-0.1, -0.05) is 0 Å². The van der Waals surface area contributed by atoms with E-state index in [1.54, 1.807) is 30.3 Å². The average Bonchev–Trinajstić information content (AvgIpc) is 2.85. The molecule has 0 saturated heterocycles. The van der Waals surface area contributed by atoms with Crippen molar-refractivity contribution in [2.75, 3.05) is 22.5 Å². The number of nitriles is 1. The molecule has 114 valence electrons. The summed E-state index contributed by atoms with van der Waals surface area (Å²) >= 11 is 1.15. The molecule has 1 aromatic carbocycles. The van der Waals surface area contributed by atoms with E-state index in [9.17, 15) is 4.79 Å². The lowest BCUT2D eigenvalue weighted by atomic mass is 10.2. The Kier molecular flexibility index (Phi) is 3.48. The van der Waals surface area contributed by atoms with Crippen LogP contribution in [0.2, 0.25) is 0 Å². The van der Waals surface area contributed by atoms with Crippen LogP contribution >= 0.6 is 11.3 Å². The Labute approximate surface area is 135 Å². The minimum absolute atomic E-state index is 0.206. The third-order valence-corrected chi connectivity index (χ3v) is 4.37. The summed E-state index contributed by atoms with van der Waals surface area (Å²) in [7, 11) is 0. The normalized spacial score (nSPS) is 10.4. The molecule has 3 aromatic rings. The minimum atomic E-state index is -0.354. The highest BCUT2D eigenvalue weighted by molar-refractivity contribution is 7.21. The van der Waals surface area contributed by atoms with Crippen LogP contribution in [-0.2, 0) is 0 Å². The van der Waals surface area contributed by atoms with E-state index in [4.69, 9.17) is 22.5 Å². The van der Waals surface area contributed by atoms with E-state index < -0.39 is 0 Å². The topological polar surface area (TPSA) is 144 Å². The smallest absolute Gasteiger partial charge is 0.267 e. The summed E-state index contributed by atoms with van der Waals surface area (Å²) in [6.07, 6.45) is 0. The number of aromatic nitrogens is 1. The number of amides is 1. The van der Waals surface area contributed by atoms with Gasteiger partial charge in [0.2, 0.25) is 0 Å². The number of nitrogens with two attached hydrogens (primary N) is 3.